The number of aromatic nitrogens is 5. The van der Waals surface area contributed by atoms with E-state index in [2.05, 4.69) is 15.0 Å². The van der Waals surface area contributed by atoms with Crippen LogP contribution in [0.1, 0.15) is 26.7 Å². The van der Waals surface area contributed by atoms with E-state index in [-0.39, 0.29) is 17.1 Å². The predicted octanol–water partition coefficient (Wildman–Crippen LogP) is 1.47. The highest BCUT2D eigenvalue weighted by Gasteiger charge is 2.17. The van der Waals surface area contributed by atoms with Crippen molar-refractivity contribution < 1.29 is 5.11 Å². The summed E-state index contributed by atoms with van der Waals surface area (Å²) in [5.41, 5.74) is 0.579. The number of aryl methyl sites for hydroxylation is 1. The Morgan fingerprint density at radius 3 is 2.46 bits per heavy atom. The molecule has 0 aliphatic heterocycles. The molecule has 0 bridgehead atoms. The van der Waals surface area contributed by atoms with Crippen molar-refractivity contribution in [2.45, 2.75) is 39.8 Å². The van der Waals surface area contributed by atoms with Crippen LogP contribution in [0.5, 0.6) is 5.88 Å². The Hall–Kier alpha value is -2.90. The summed E-state index contributed by atoms with van der Waals surface area (Å²) in [6.45, 7) is 4.73. The molecular formula is C16H19N5O3. The van der Waals surface area contributed by atoms with Crippen LogP contribution < -0.4 is 11.2 Å². The molecular weight excluding hydrogens is 310 g/mol. The summed E-state index contributed by atoms with van der Waals surface area (Å²) >= 11 is 0. The SMILES string of the molecule is CCCn1c(=O)c2[nH]c(-c3ccc(O)nc3)nc2n(CCC)c1=O. The zero-order chi connectivity index (χ0) is 17.3. The minimum absolute atomic E-state index is 0.0944. The lowest BCUT2D eigenvalue weighted by Gasteiger charge is -2.09. The Morgan fingerprint density at radius 1 is 1.12 bits per heavy atom. The average Bonchev–Trinajstić information content (AvgIpc) is 3.01. The fourth-order valence-electron chi connectivity index (χ4n) is 2.68. The Kier molecular flexibility index (Phi) is 4.20. The molecule has 3 aromatic rings. The zero-order valence-corrected chi connectivity index (χ0v) is 13.6. The van der Waals surface area contributed by atoms with Crippen LogP contribution in [-0.4, -0.2) is 29.2 Å². The summed E-state index contributed by atoms with van der Waals surface area (Å²) < 4.78 is 2.77. The fraction of sp³-hybridized carbons (Fsp3) is 0.375. The number of nitrogens with zero attached hydrogens (tertiary/aromatic N) is 4. The number of H-pyrrole nitrogens is 1. The largest absolute Gasteiger partial charge is 0.493 e. The summed E-state index contributed by atoms with van der Waals surface area (Å²) in [5, 5.41) is 9.29. The topological polar surface area (TPSA) is 106 Å². The molecule has 126 valence electrons. The molecule has 8 heteroatoms. The maximum Gasteiger partial charge on any atom is 0.332 e. The number of aromatic amines is 1. The van der Waals surface area contributed by atoms with Crippen molar-refractivity contribution in [3.63, 3.8) is 0 Å². The van der Waals surface area contributed by atoms with Gasteiger partial charge in [0.25, 0.3) is 5.56 Å². The van der Waals surface area contributed by atoms with Gasteiger partial charge in [-0.25, -0.2) is 14.8 Å². The van der Waals surface area contributed by atoms with Crippen molar-refractivity contribution in [1.29, 1.82) is 0 Å². The third-order valence-electron chi connectivity index (χ3n) is 3.78. The van der Waals surface area contributed by atoms with Crippen LogP contribution in [0.25, 0.3) is 22.6 Å². The van der Waals surface area contributed by atoms with Crippen molar-refractivity contribution in [1.82, 2.24) is 24.1 Å². The average molecular weight is 329 g/mol. The maximum absolute atomic E-state index is 12.6. The zero-order valence-electron chi connectivity index (χ0n) is 13.6. The van der Waals surface area contributed by atoms with Gasteiger partial charge in [-0.1, -0.05) is 13.8 Å². The van der Waals surface area contributed by atoms with Gasteiger partial charge in [0.05, 0.1) is 0 Å². The predicted molar refractivity (Wildman–Crippen MR) is 90.1 cm³/mol. The first-order chi connectivity index (χ1) is 11.6. The third kappa shape index (κ3) is 2.60. The van der Waals surface area contributed by atoms with E-state index in [1.165, 1.54) is 21.4 Å². The molecule has 3 rings (SSSR count). The molecule has 8 nitrogen and oxygen atoms in total. The number of pyridine rings is 1. The van der Waals surface area contributed by atoms with Crippen molar-refractivity contribution in [2.24, 2.45) is 0 Å². The van der Waals surface area contributed by atoms with Crippen LogP contribution in [0.3, 0.4) is 0 Å². The molecule has 0 amide bonds. The van der Waals surface area contributed by atoms with Crippen molar-refractivity contribution in [3.05, 3.63) is 39.2 Å². The molecule has 0 aromatic carbocycles. The van der Waals surface area contributed by atoms with Gasteiger partial charge in [0.2, 0.25) is 5.88 Å². The standard InChI is InChI=1S/C16H19N5O3/c1-3-7-20-14-12(15(23)21(8-4-2)16(20)24)18-13(19-14)10-5-6-11(22)17-9-10/h5-6,9H,3-4,7-8H2,1-2H3,(H,17,22)(H,18,19). The highest BCUT2D eigenvalue weighted by atomic mass is 16.3. The van der Waals surface area contributed by atoms with Crippen LogP contribution in [-0.2, 0) is 13.1 Å². The lowest BCUT2D eigenvalue weighted by molar-refractivity contribution is 0.453. The second-order valence-electron chi connectivity index (χ2n) is 5.58. The first-order valence-electron chi connectivity index (χ1n) is 7.95. The van der Waals surface area contributed by atoms with E-state index in [1.807, 2.05) is 13.8 Å². The molecule has 0 spiro atoms. The van der Waals surface area contributed by atoms with Crippen molar-refractivity contribution >= 4 is 11.2 Å². The molecule has 3 aromatic heterocycles. The third-order valence-corrected chi connectivity index (χ3v) is 3.78. The van der Waals surface area contributed by atoms with Gasteiger partial charge < -0.3 is 10.1 Å². The number of hydrogen-bond donors (Lipinski definition) is 2. The summed E-state index contributed by atoms with van der Waals surface area (Å²) in [7, 11) is 0. The number of aromatic hydroxyl groups is 1. The maximum atomic E-state index is 12.6. The Balaban J connectivity index is 2.29. The first-order valence-corrected chi connectivity index (χ1v) is 7.95. The van der Waals surface area contributed by atoms with E-state index in [0.29, 0.717) is 42.1 Å². The quantitative estimate of drug-likeness (QED) is 0.737. The lowest BCUT2D eigenvalue weighted by Crippen LogP contribution is -2.40. The Bertz CT molecular complexity index is 982. The van der Waals surface area contributed by atoms with E-state index in [1.54, 1.807) is 6.07 Å². The van der Waals surface area contributed by atoms with E-state index in [4.69, 9.17) is 0 Å². The van der Waals surface area contributed by atoms with Gasteiger partial charge in [0, 0.05) is 30.9 Å². The van der Waals surface area contributed by atoms with Gasteiger partial charge in [0.1, 0.15) is 11.3 Å². The molecule has 2 N–H and O–H groups in total. The van der Waals surface area contributed by atoms with E-state index >= 15 is 0 Å². The number of rotatable bonds is 5. The van der Waals surface area contributed by atoms with Gasteiger partial charge in [0.15, 0.2) is 5.65 Å². The number of fused-ring (bicyclic) bond motifs is 1. The van der Waals surface area contributed by atoms with E-state index in [9.17, 15) is 14.7 Å². The van der Waals surface area contributed by atoms with Gasteiger partial charge in [-0.2, -0.15) is 0 Å². The minimum atomic E-state index is -0.366. The number of hydrogen-bond acceptors (Lipinski definition) is 5. The van der Waals surface area contributed by atoms with Crippen LogP contribution in [0.2, 0.25) is 0 Å². The molecule has 3 heterocycles. The second kappa shape index (κ2) is 6.31. The second-order valence-corrected chi connectivity index (χ2v) is 5.58. The minimum Gasteiger partial charge on any atom is -0.493 e. The van der Waals surface area contributed by atoms with Crippen LogP contribution >= 0.6 is 0 Å². The Labute approximate surface area is 137 Å². The van der Waals surface area contributed by atoms with E-state index < -0.39 is 0 Å². The van der Waals surface area contributed by atoms with Gasteiger partial charge in [-0.3, -0.25) is 13.9 Å². The monoisotopic (exact) mass is 329 g/mol. The van der Waals surface area contributed by atoms with Crippen LogP contribution in [0.4, 0.5) is 0 Å². The molecule has 0 saturated heterocycles. The van der Waals surface area contributed by atoms with Crippen molar-refractivity contribution in [3.8, 4) is 17.3 Å². The molecule has 0 fully saturated rings. The normalized spacial score (nSPS) is 11.2. The van der Waals surface area contributed by atoms with Gasteiger partial charge in [-0.15, -0.1) is 0 Å². The molecule has 24 heavy (non-hydrogen) atoms. The number of nitrogens with one attached hydrogen (secondary N) is 1. The highest BCUT2D eigenvalue weighted by molar-refractivity contribution is 5.75. The molecule has 0 unspecified atom stereocenters. The Morgan fingerprint density at radius 2 is 1.83 bits per heavy atom. The molecule has 0 aliphatic carbocycles. The fourth-order valence-corrected chi connectivity index (χ4v) is 2.68. The summed E-state index contributed by atoms with van der Waals surface area (Å²) in [6, 6.07) is 3.09. The molecule has 0 radical (unpaired) electrons. The number of imidazole rings is 1. The highest BCUT2D eigenvalue weighted by Crippen LogP contribution is 2.19. The lowest BCUT2D eigenvalue weighted by atomic mass is 10.3. The summed E-state index contributed by atoms with van der Waals surface area (Å²) in [6.07, 6.45) is 2.90. The van der Waals surface area contributed by atoms with Gasteiger partial charge >= 0.3 is 5.69 Å². The van der Waals surface area contributed by atoms with Gasteiger partial charge in [-0.05, 0) is 18.9 Å². The van der Waals surface area contributed by atoms with E-state index in [0.717, 1.165) is 6.42 Å². The molecule has 0 saturated carbocycles. The smallest absolute Gasteiger partial charge is 0.332 e. The molecule has 0 atom stereocenters. The van der Waals surface area contributed by atoms with Crippen molar-refractivity contribution in [2.75, 3.05) is 0 Å². The first kappa shape index (κ1) is 16.0. The molecule has 0 aliphatic rings. The summed E-state index contributed by atoms with van der Waals surface area (Å²) in [5.74, 6) is 0.344. The van der Waals surface area contributed by atoms with Crippen LogP contribution in [0, 0.1) is 0 Å². The summed E-state index contributed by atoms with van der Waals surface area (Å²) in [4.78, 5) is 36.5. The van der Waals surface area contributed by atoms with Crippen LogP contribution in [0.15, 0.2) is 27.9 Å².